The second-order valence-corrected chi connectivity index (χ2v) is 7.60. The molecule has 21 heavy (non-hydrogen) atoms. The van der Waals surface area contributed by atoms with Crippen molar-refractivity contribution < 1.29 is 22.1 Å². The van der Waals surface area contributed by atoms with Gasteiger partial charge in [0.15, 0.2) is 0 Å². The maximum absolute atomic E-state index is 11.8. The second kappa shape index (κ2) is 8.38. The summed E-state index contributed by atoms with van der Waals surface area (Å²) < 4.78 is 32.7. The number of carbonyl (C=O) groups is 1. The van der Waals surface area contributed by atoms with Gasteiger partial charge in [0.05, 0.1) is 18.1 Å². The zero-order valence-corrected chi connectivity index (χ0v) is 14.5. The summed E-state index contributed by atoms with van der Waals surface area (Å²) in [7, 11) is -3.71. The molecule has 0 aliphatic carbocycles. The van der Waals surface area contributed by atoms with Crippen LogP contribution in [0.25, 0.3) is 0 Å². The predicted octanol–water partition coefficient (Wildman–Crippen LogP) is 2.81. The first-order valence-corrected chi connectivity index (χ1v) is 8.49. The molecule has 1 N–H and O–H groups in total. The Hall–Kier alpha value is -1.08. The molecule has 0 aromatic carbocycles. The van der Waals surface area contributed by atoms with E-state index in [0.717, 1.165) is 5.41 Å². The molecule has 124 valence electrons. The number of nitrogens with one attached hydrogen (secondary N) is 1. The molecule has 6 nitrogen and oxygen atoms in total. The van der Waals surface area contributed by atoms with Gasteiger partial charge in [-0.2, -0.15) is 8.42 Å². The summed E-state index contributed by atoms with van der Waals surface area (Å²) in [6.07, 6.45) is 1.43. The molecule has 0 heterocycles. The van der Waals surface area contributed by atoms with Crippen molar-refractivity contribution in [2.24, 2.45) is 5.92 Å². The highest BCUT2D eigenvalue weighted by Crippen LogP contribution is 2.11. The van der Waals surface area contributed by atoms with Gasteiger partial charge in [0.2, 0.25) is 0 Å². The molecule has 0 aromatic heterocycles. The lowest BCUT2D eigenvalue weighted by Crippen LogP contribution is -2.38. The minimum absolute atomic E-state index is 0.0705. The zero-order valence-electron chi connectivity index (χ0n) is 13.7. The van der Waals surface area contributed by atoms with Crippen molar-refractivity contribution in [3.8, 4) is 0 Å². The largest absolute Gasteiger partial charge is 0.444 e. The summed E-state index contributed by atoms with van der Waals surface area (Å²) >= 11 is 0. The van der Waals surface area contributed by atoms with Crippen LogP contribution in [-0.2, 0) is 19.0 Å². The van der Waals surface area contributed by atoms with E-state index >= 15 is 0 Å². The van der Waals surface area contributed by atoms with Gasteiger partial charge in [0.25, 0.3) is 10.1 Å². The summed E-state index contributed by atoms with van der Waals surface area (Å²) in [5.74, 6) is 0.282. The third-order valence-electron chi connectivity index (χ3n) is 2.19. The van der Waals surface area contributed by atoms with Gasteiger partial charge in [-0.3, -0.25) is 4.18 Å². The van der Waals surface area contributed by atoms with Crippen molar-refractivity contribution in [2.45, 2.75) is 59.6 Å². The third-order valence-corrected chi connectivity index (χ3v) is 3.24. The lowest BCUT2D eigenvalue weighted by atomic mass is 10.0. The fraction of sp³-hybridized carbons (Fsp3) is 0.786. The van der Waals surface area contributed by atoms with Crippen LogP contribution >= 0.6 is 0 Å². The number of hydrogen-bond donors (Lipinski definition) is 1. The molecule has 0 unspecified atom stereocenters. The summed E-state index contributed by atoms with van der Waals surface area (Å²) in [6, 6.07) is -0.435. The summed E-state index contributed by atoms with van der Waals surface area (Å²) in [5, 5.41) is 3.62. The molecule has 0 saturated carbocycles. The van der Waals surface area contributed by atoms with E-state index in [2.05, 4.69) is 9.50 Å². The molecule has 0 radical (unpaired) electrons. The maximum Gasteiger partial charge on any atom is 0.408 e. The molecule has 0 fully saturated rings. The van der Waals surface area contributed by atoms with Crippen LogP contribution in [-0.4, -0.2) is 32.8 Å². The fourth-order valence-corrected chi connectivity index (χ4v) is 2.34. The average Bonchev–Trinajstić information content (AvgIpc) is 2.22. The Morgan fingerprint density at radius 2 is 1.86 bits per heavy atom. The Balaban J connectivity index is 4.82. The lowest BCUT2D eigenvalue weighted by Gasteiger charge is -2.23. The van der Waals surface area contributed by atoms with Crippen LogP contribution in [0.2, 0.25) is 0 Å². The standard InChI is InChI=1S/C14H27NO5S/c1-7-19-21(17,18)9-8-12(10-11(2)3)15-13(16)20-14(4,5)6/h8-9,11-12H,7,10H2,1-6H3,(H,15,16)/b9-8+/t12-/m0/s1. The van der Waals surface area contributed by atoms with E-state index in [4.69, 9.17) is 4.74 Å². The molecule has 0 spiro atoms. The molecule has 0 aliphatic heterocycles. The molecule has 0 saturated heterocycles. The molecular formula is C14H27NO5S. The Morgan fingerprint density at radius 3 is 2.29 bits per heavy atom. The number of amides is 1. The molecule has 0 bridgehead atoms. The van der Waals surface area contributed by atoms with E-state index < -0.39 is 27.9 Å². The van der Waals surface area contributed by atoms with Crippen LogP contribution in [0.5, 0.6) is 0 Å². The summed E-state index contributed by atoms with van der Waals surface area (Å²) in [5.41, 5.74) is -0.604. The van der Waals surface area contributed by atoms with Gasteiger partial charge in [-0.05, 0) is 46.1 Å². The van der Waals surface area contributed by atoms with Crippen molar-refractivity contribution in [1.82, 2.24) is 5.32 Å². The molecule has 1 amide bonds. The molecule has 0 aromatic rings. The number of carbonyl (C=O) groups excluding carboxylic acids is 1. The first kappa shape index (κ1) is 19.9. The minimum Gasteiger partial charge on any atom is -0.444 e. The fourth-order valence-electron chi connectivity index (χ4n) is 1.55. The van der Waals surface area contributed by atoms with Crippen LogP contribution in [0.4, 0.5) is 4.79 Å². The SMILES string of the molecule is CCOS(=O)(=O)/C=C/[C@@H](CC(C)C)NC(=O)OC(C)(C)C. The molecule has 0 rings (SSSR count). The van der Waals surface area contributed by atoms with Gasteiger partial charge in [-0.25, -0.2) is 4.79 Å². The van der Waals surface area contributed by atoms with E-state index in [1.807, 2.05) is 13.8 Å². The highest BCUT2D eigenvalue weighted by atomic mass is 32.2. The van der Waals surface area contributed by atoms with Crippen molar-refractivity contribution >= 4 is 16.2 Å². The Morgan fingerprint density at radius 1 is 1.29 bits per heavy atom. The smallest absolute Gasteiger partial charge is 0.408 e. The van der Waals surface area contributed by atoms with E-state index in [1.54, 1.807) is 27.7 Å². The van der Waals surface area contributed by atoms with Crippen LogP contribution in [0.15, 0.2) is 11.5 Å². The summed E-state index contributed by atoms with van der Waals surface area (Å²) in [4.78, 5) is 11.8. The van der Waals surface area contributed by atoms with Crippen molar-refractivity contribution in [1.29, 1.82) is 0 Å². The lowest BCUT2D eigenvalue weighted by molar-refractivity contribution is 0.0510. The van der Waals surface area contributed by atoms with Gasteiger partial charge in [0.1, 0.15) is 5.60 Å². The Labute approximate surface area is 128 Å². The van der Waals surface area contributed by atoms with E-state index in [0.29, 0.717) is 6.42 Å². The van der Waals surface area contributed by atoms with Gasteiger partial charge >= 0.3 is 6.09 Å². The van der Waals surface area contributed by atoms with E-state index in [-0.39, 0.29) is 12.5 Å². The van der Waals surface area contributed by atoms with Gasteiger partial charge < -0.3 is 10.1 Å². The normalized spacial score (nSPS) is 14.4. The highest BCUT2D eigenvalue weighted by molar-refractivity contribution is 7.89. The van der Waals surface area contributed by atoms with Gasteiger partial charge in [0, 0.05) is 0 Å². The van der Waals surface area contributed by atoms with Crippen LogP contribution in [0.1, 0.15) is 48.0 Å². The van der Waals surface area contributed by atoms with E-state index in [9.17, 15) is 13.2 Å². The summed E-state index contributed by atoms with van der Waals surface area (Å²) in [6.45, 7) is 10.9. The van der Waals surface area contributed by atoms with Gasteiger partial charge in [-0.15, -0.1) is 0 Å². The van der Waals surface area contributed by atoms with Crippen LogP contribution in [0.3, 0.4) is 0 Å². The third kappa shape index (κ3) is 11.3. The van der Waals surface area contributed by atoms with E-state index in [1.165, 1.54) is 6.08 Å². The molecule has 1 atom stereocenters. The highest BCUT2D eigenvalue weighted by Gasteiger charge is 2.19. The molecule has 7 heteroatoms. The van der Waals surface area contributed by atoms with Crippen molar-refractivity contribution in [3.05, 3.63) is 11.5 Å². The Bertz CT molecular complexity index is 448. The average molecular weight is 321 g/mol. The van der Waals surface area contributed by atoms with Crippen molar-refractivity contribution in [2.75, 3.05) is 6.61 Å². The number of ether oxygens (including phenoxy) is 1. The topological polar surface area (TPSA) is 81.7 Å². The first-order valence-electron chi connectivity index (χ1n) is 7.02. The van der Waals surface area contributed by atoms with Crippen molar-refractivity contribution in [3.63, 3.8) is 0 Å². The van der Waals surface area contributed by atoms with Crippen LogP contribution in [0, 0.1) is 5.92 Å². The maximum atomic E-state index is 11.8. The minimum atomic E-state index is -3.71. The Kier molecular flexibility index (Phi) is 7.95. The monoisotopic (exact) mass is 321 g/mol. The van der Waals surface area contributed by atoms with Gasteiger partial charge in [-0.1, -0.05) is 13.8 Å². The number of hydrogen-bond acceptors (Lipinski definition) is 5. The quantitative estimate of drug-likeness (QED) is 0.729. The number of rotatable bonds is 7. The molecule has 0 aliphatic rings. The second-order valence-electron chi connectivity index (χ2n) is 6.11. The first-order chi connectivity index (χ1) is 9.45. The number of alkyl carbamates (subject to hydrolysis) is 1. The molecular weight excluding hydrogens is 294 g/mol. The predicted molar refractivity (Wildman–Crippen MR) is 82.3 cm³/mol. The van der Waals surface area contributed by atoms with Crippen LogP contribution < -0.4 is 5.32 Å². The zero-order chi connectivity index (χ0) is 16.7.